The molecular weight excluding hydrogens is 367 g/mol. The van der Waals surface area contributed by atoms with Crippen molar-refractivity contribution in [2.24, 2.45) is 0 Å². The molecule has 5 nitrogen and oxygen atoms in total. The third-order valence-electron chi connectivity index (χ3n) is 5.42. The minimum Gasteiger partial charge on any atom is -0.356 e. The van der Waals surface area contributed by atoms with E-state index in [4.69, 9.17) is 4.74 Å². The number of fused-ring (bicyclic) bond motifs is 1. The van der Waals surface area contributed by atoms with Crippen LogP contribution in [-0.4, -0.2) is 38.6 Å². The maximum absolute atomic E-state index is 13.5. The van der Waals surface area contributed by atoms with Gasteiger partial charge in [0.1, 0.15) is 12.5 Å². The lowest BCUT2D eigenvalue weighted by Gasteiger charge is -2.41. The fraction of sp³-hybridized carbons (Fsp3) is 0.400. The van der Waals surface area contributed by atoms with Gasteiger partial charge in [0.15, 0.2) is 0 Å². The first-order chi connectivity index (χ1) is 13.0. The number of ether oxygens (including phenoxy) is 1. The number of hydrogen-bond donors (Lipinski definition) is 0. The summed E-state index contributed by atoms with van der Waals surface area (Å²) in [6, 6.07) is 12.4. The van der Waals surface area contributed by atoms with Crippen LogP contribution in [0.5, 0.6) is 0 Å². The van der Waals surface area contributed by atoms with Gasteiger partial charge in [0.05, 0.1) is 11.5 Å². The quantitative estimate of drug-likeness (QED) is 0.807. The summed E-state index contributed by atoms with van der Waals surface area (Å²) in [6.07, 6.45) is 1.47. The predicted molar refractivity (Wildman–Crippen MR) is 101 cm³/mol. The zero-order valence-corrected chi connectivity index (χ0v) is 16.1. The Morgan fingerprint density at radius 1 is 1.11 bits per heavy atom. The minimum absolute atomic E-state index is 0.159. The molecule has 0 unspecified atom stereocenters. The van der Waals surface area contributed by atoms with Crippen molar-refractivity contribution in [3.8, 4) is 0 Å². The van der Waals surface area contributed by atoms with Crippen molar-refractivity contribution < 1.29 is 17.5 Å². The van der Waals surface area contributed by atoms with Crippen molar-refractivity contribution in [2.45, 2.75) is 37.3 Å². The Kier molecular flexibility index (Phi) is 4.92. The zero-order chi connectivity index (χ0) is 19.0. The van der Waals surface area contributed by atoms with Crippen molar-refractivity contribution in [3.63, 3.8) is 0 Å². The number of halogens is 1. The fourth-order valence-electron chi connectivity index (χ4n) is 3.86. The van der Waals surface area contributed by atoms with Gasteiger partial charge < -0.3 is 9.64 Å². The maximum Gasteiger partial charge on any atom is 0.243 e. The fourth-order valence-corrected chi connectivity index (χ4v) is 5.41. The summed E-state index contributed by atoms with van der Waals surface area (Å²) >= 11 is 0. The summed E-state index contributed by atoms with van der Waals surface area (Å²) in [4.78, 5) is 2.40. The molecule has 0 N–H and O–H groups in total. The van der Waals surface area contributed by atoms with Crippen molar-refractivity contribution in [1.82, 2.24) is 4.31 Å². The second-order valence-electron chi connectivity index (χ2n) is 7.12. The van der Waals surface area contributed by atoms with Gasteiger partial charge in [0, 0.05) is 30.4 Å². The maximum atomic E-state index is 13.5. The Balaban J connectivity index is 1.48. The second-order valence-corrected chi connectivity index (χ2v) is 9.06. The largest absolute Gasteiger partial charge is 0.356 e. The van der Waals surface area contributed by atoms with Crippen LogP contribution in [-0.2, 0) is 21.4 Å². The Bertz CT molecular complexity index is 940. The van der Waals surface area contributed by atoms with Crippen molar-refractivity contribution in [1.29, 1.82) is 0 Å². The highest BCUT2D eigenvalue weighted by atomic mass is 32.2. The molecule has 0 radical (unpaired) electrons. The number of piperidine rings is 1. The molecule has 0 bridgehead atoms. The van der Waals surface area contributed by atoms with Crippen molar-refractivity contribution in [3.05, 3.63) is 59.4 Å². The monoisotopic (exact) mass is 390 g/mol. The number of sulfonamides is 1. The van der Waals surface area contributed by atoms with Gasteiger partial charge in [-0.05, 0) is 49.6 Å². The van der Waals surface area contributed by atoms with Gasteiger partial charge in [-0.15, -0.1) is 0 Å². The number of aryl methyl sites for hydroxylation is 1. The topological polar surface area (TPSA) is 49.9 Å². The highest BCUT2D eigenvalue weighted by Gasteiger charge is 2.33. The first-order valence-corrected chi connectivity index (χ1v) is 10.6. The van der Waals surface area contributed by atoms with E-state index in [9.17, 15) is 12.8 Å². The average molecular weight is 390 g/mol. The minimum atomic E-state index is -3.60. The lowest BCUT2D eigenvalue weighted by Crippen LogP contribution is -2.48. The SMILES string of the molecule is Cc1cc(S(=O)(=O)N2CCC(N3COCc4ccccc43)CC2)ccc1F. The van der Waals surface area contributed by atoms with Crippen LogP contribution in [0.2, 0.25) is 0 Å². The molecule has 27 heavy (non-hydrogen) atoms. The molecular formula is C20H23FN2O3S. The molecule has 2 heterocycles. The van der Waals surface area contributed by atoms with Crippen LogP contribution in [0.3, 0.4) is 0 Å². The van der Waals surface area contributed by atoms with E-state index >= 15 is 0 Å². The van der Waals surface area contributed by atoms with Gasteiger partial charge in [0.25, 0.3) is 0 Å². The van der Waals surface area contributed by atoms with Gasteiger partial charge in [-0.1, -0.05) is 18.2 Å². The van der Waals surface area contributed by atoms with Crippen LogP contribution < -0.4 is 4.90 Å². The molecule has 0 atom stereocenters. The molecule has 144 valence electrons. The summed E-state index contributed by atoms with van der Waals surface area (Å²) in [5.74, 6) is -0.392. The smallest absolute Gasteiger partial charge is 0.243 e. The third-order valence-corrected chi connectivity index (χ3v) is 7.32. The Hall–Kier alpha value is -1.96. The van der Waals surface area contributed by atoms with E-state index in [-0.39, 0.29) is 10.9 Å². The predicted octanol–water partition coefficient (Wildman–Crippen LogP) is 3.28. The number of hydrogen-bond acceptors (Lipinski definition) is 4. The molecule has 7 heteroatoms. The van der Waals surface area contributed by atoms with Crippen molar-refractivity contribution in [2.75, 3.05) is 24.7 Å². The molecule has 1 saturated heterocycles. The number of rotatable bonds is 3. The van der Waals surface area contributed by atoms with E-state index in [0.717, 1.165) is 12.8 Å². The highest BCUT2D eigenvalue weighted by molar-refractivity contribution is 7.89. The van der Waals surface area contributed by atoms with Crippen LogP contribution >= 0.6 is 0 Å². The lowest BCUT2D eigenvalue weighted by atomic mass is 10.0. The van der Waals surface area contributed by atoms with Gasteiger partial charge >= 0.3 is 0 Å². The van der Waals surface area contributed by atoms with Gasteiger partial charge in [0.2, 0.25) is 10.0 Å². The lowest BCUT2D eigenvalue weighted by molar-refractivity contribution is 0.0988. The molecule has 1 fully saturated rings. The number of anilines is 1. The van der Waals surface area contributed by atoms with E-state index < -0.39 is 15.8 Å². The summed E-state index contributed by atoms with van der Waals surface area (Å²) in [7, 11) is -3.60. The Labute approximate surface area is 159 Å². The van der Waals surface area contributed by atoms with Crippen LogP contribution in [0.4, 0.5) is 10.1 Å². The molecule has 2 aromatic rings. The van der Waals surface area contributed by atoms with Gasteiger partial charge in [-0.25, -0.2) is 12.8 Å². The van der Waals surface area contributed by atoms with Gasteiger partial charge in [-0.2, -0.15) is 4.31 Å². The molecule has 0 aromatic heterocycles. The van der Waals surface area contributed by atoms with Crippen LogP contribution in [0.15, 0.2) is 47.4 Å². The first kappa shape index (κ1) is 18.4. The molecule has 0 saturated carbocycles. The van der Waals surface area contributed by atoms with Crippen LogP contribution in [0, 0.1) is 12.7 Å². The van der Waals surface area contributed by atoms with E-state index in [1.54, 1.807) is 6.92 Å². The third kappa shape index (κ3) is 3.47. The van der Waals surface area contributed by atoms with Crippen LogP contribution in [0.25, 0.3) is 0 Å². The summed E-state index contributed by atoms with van der Waals surface area (Å²) < 4.78 is 46.5. The summed E-state index contributed by atoms with van der Waals surface area (Å²) in [6.45, 7) is 3.62. The Morgan fingerprint density at radius 2 is 1.85 bits per heavy atom. The van der Waals surface area contributed by atoms with Crippen LogP contribution in [0.1, 0.15) is 24.0 Å². The standard InChI is InChI=1S/C20H23FN2O3S/c1-15-12-18(6-7-19(15)21)27(24,25)22-10-8-17(9-11-22)23-14-26-13-16-4-2-3-5-20(16)23/h2-7,12,17H,8-11,13-14H2,1H3. The Morgan fingerprint density at radius 3 is 2.59 bits per heavy atom. The summed E-state index contributed by atoms with van der Waals surface area (Å²) in [5, 5.41) is 0. The molecule has 2 aromatic carbocycles. The number of benzene rings is 2. The van der Waals surface area contributed by atoms with E-state index in [1.807, 2.05) is 12.1 Å². The van der Waals surface area contributed by atoms with E-state index in [1.165, 1.54) is 33.8 Å². The van der Waals surface area contributed by atoms with E-state index in [2.05, 4.69) is 17.0 Å². The molecule has 0 aliphatic carbocycles. The zero-order valence-electron chi connectivity index (χ0n) is 15.3. The second kappa shape index (κ2) is 7.22. The number of nitrogens with zero attached hydrogens (tertiary/aromatic N) is 2. The average Bonchev–Trinajstić information content (AvgIpc) is 2.69. The van der Waals surface area contributed by atoms with E-state index in [0.29, 0.717) is 32.0 Å². The summed E-state index contributed by atoms with van der Waals surface area (Å²) in [5.41, 5.74) is 2.69. The molecule has 0 amide bonds. The first-order valence-electron chi connectivity index (χ1n) is 9.15. The van der Waals surface area contributed by atoms with Gasteiger partial charge in [-0.3, -0.25) is 0 Å². The highest BCUT2D eigenvalue weighted by Crippen LogP contribution is 2.31. The molecule has 2 aliphatic rings. The molecule has 4 rings (SSSR count). The number of para-hydroxylation sites is 1. The molecule has 2 aliphatic heterocycles. The van der Waals surface area contributed by atoms with Crippen molar-refractivity contribution >= 4 is 15.7 Å². The normalized spacial score (nSPS) is 19.1. The molecule has 0 spiro atoms.